The Morgan fingerprint density at radius 1 is 1.19 bits per heavy atom. The molecule has 1 aromatic rings. The molecule has 0 radical (unpaired) electrons. The Bertz CT molecular complexity index is 393. The number of hydrogen-bond acceptors (Lipinski definition) is 3. The van der Waals surface area contributed by atoms with Crippen molar-refractivity contribution >= 4 is 0 Å². The molecule has 1 rings (SSSR count). The zero-order chi connectivity index (χ0) is 15.7. The second-order valence-corrected chi connectivity index (χ2v) is 6.08. The fraction of sp³-hybridized carbons (Fsp3) is 0.667. The van der Waals surface area contributed by atoms with Crippen LogP contribution in [0.1, 0.15) is 45.2 Å². The molecule has 0 aliphatic rings. The molecule has 0 fully saturated rings. The Balaban J connectivity index is 2.67. The average Bonchev–Trinajstić information content (AvgIpc) is 2.49. The van der Waals surface area contributed by atoms with E-state index in [-0.39, 0.29) is 0 Å². The molecule has 21 heavy (non-hydrogen) atoms. The molecular formula is C18H32N2O. The highest BCUT2D eigenvalue weighted by atomic mass is 16.5. The normalized spacial score (nSPS) is 13.1. The molecule has 0 amide bonds. The van der Waals surface area contributed by atoms with Crippen LogP contribution in [0.4, 0.5) is 0 Å². The van der Waals surface area contributed by atoms with Gasteiger partial charge in [-0.3, -0.25) is 4.90 Å². The molecule has 0 aromatic heterocycles. The molecule has 3 heteroatoms. The van der Waals surface area contributed by atoms with Crippen LogP contribution in [0.3, 0.4) is 0 Å². The fourth-order valence-corrected chi connectivity index (χ4v) is 2.32. The predicted octanol–water partition coefficient (Wildman–Crippen LogP) is 3.43. The van der Waals surface area contributed by atoms with E-state index in [1.807, 2.05) is 0 Å². The Kier molecular flexibility index (Phi) is 8.58. The highest BCUT2D eigenvalue weighted by Gasteiger charge is 2.12. The highest BCUT2D eigenvalue weighted by molar-refractivity contribution is 5.23. The summed E-state index contributed by atoms with van der Waals surface area (Å²) in [6.07, 6.45) is 1.16. The molecule has 0 aliphatic heterocycles. The third-order valence-electron chi connectivity index (χ3n) is 3.89. The lowest BCUT2D eigenvalue weighted by atomic mass is 10.1. The lowest BCUT2D eigenvalue weighted by Gasteiger charge is -2.28. The van der Waals surface area contributed by atoms with Crippen LogP contribution in [-0.2, 0) is 17.8 Å². The van der Waals surface area contributed by atoms with Crippen molar-refractivity contribution in [2.75, 3.05) is 20.3 Å². The van der Waals surface area contributed by atoms with Crippen molar-refractivity contribution in [3.8, 4) is 0 Å². The maximum atomic E-state index is 5.24. The van der Waals surface area contributed by atoms with Gasteiger partial charge in [0.15, 0.2) is 0 Å². The quantitative estimate of drug-likeness (QED) is 0.715. The molecule has 0 saturated carbocycles. The SMILES string of the molecule is CCC(C)N(CCOC)Cc1cccc(CNC(C)C)c1. The minimum atomic E-state index is 0.520. The van der Waals surface area contributed by atoms with Gasteiger partial charge in [-0.2, -0.15) is 0 Å². The molecule has 1 unspecified atom stereocenters. The summed E-state index contributed by atoms with van der Waals surface area (Å²) in [7, 11) is 1.77. The molecule has 1 atom stereocenters. The van der Waals surface area contributed by atoms with Crippen LogP contribution in [-0.4, -0.2) is 37.2 Å². The molecule has 0 aliphatic carbocycles. The van der Waals surface area contributed by atoms with E-state index in [0.717, 1.165) is 32.7 Å². The number of nitrogens with zero attached hydrogens (tertiary/aromatic N) is 1. The van der Waals surface area contributed by atoms with E-state index in [2.05, 4.69) is 62.2 Å². The minimum Gasteiger partial charge on any atom is -0.383 e. The van der Waals surface area contributed by atoms with Gasteiger partial charge in [0, 0.05) is 38.8 Å². The van der Waals surface area contributed by atoms with Gasteiger partial charge in [0.1, 0.15) is 0 Å². The lowest BCUT2D eigenvalue weighted by Crippen LogP contribution is -2.34. The number of nitrogens with one attached hydrogen (secondary N) is 1. The third-order valence-corrected chi connectivity index (χ3v) is 3.89. The summed E-state index contributed by atoms with van der Waals surface area (Å²) >= 11 is 0. The molecule has 120 valence electrons. The van der Waals surface area contributed by atoms with E-state index in [9.17, 15) is 0 Å². The molecule has 0 spiro atoms. The number of methoxy groups -OCH3 is 1. The van der Waals surface area contributed by atoms with Crippen molar-refractivity contribution in [2.45, 2.75) is 59.3 Å². The zero-order valence-electron chi connectivity index (χ0n) is 14.4. The van der Waals surface area contributed by atoms with Crippen LogP contribution < -0.4 is 5.32 Å². The monoisotopic (exact) mass is 292 g/mol. The predicted molar refractivity (Wildman–Crippen MR) is 90.5 cm³/mol. The van der Waals surface area contributed by atoms with Crippen molar-refractivity contribution in [1.82, 2.24) is 10.2 Å². The summed E-state index contributed by atoms with van der Waals surface area (Å²) in [5.41, 5.74) is 2.74. The average molecular weight is 292 g/mol. The fourth-order valence-electron chi connectivity index (χ4n) is 2.32. The summed E-state index contributed by atoms with van der Waals surface area (Å²) < 4.78 is 5.24. The first-order valence-corrected chi connectivity index (χ1v) is 8.11. The van der Waals surface area contributed by atoms with Gasteiger partial charge in [-0.05, 0) is 24.5 Å². The van der Waals surface area contributed by atoms with Gasteiger partial charge in [-0.1, -0.05) is 45.0 Å². The minimum absolute atomic E-state index is 0.520. The second-order valence-electron chi connectivity index (χ2n) is 6.08. The lowest BCUT2D eigenvalue weighted by molar-refractivity contribution is 0.118. The van der Waals surface area contributed by atoms with Gasteiger partial charge in [-0.25, -0.2) is 0 Å². The van der Waals surface area contributed by atoms with Crippen molar-refractivity contribution in [1.29, 1.82) is 0 Å². The molecule has 1 N–H and O–H groups in total. The van der Waals surface area contributed by atoms with Crippen molar-refractivity contribution in [2.24, 2.45) is 0 Å². The molecule has 0 heterocycles. The Morgan fingerprint density at radius 3 is 2.52 bits per heavy atom. The number of rotatable bonds is 10. The van der Waals surface area contributed by atoms with E-state index < -0.39 is 0 Å². The smallest absolute Gasteiger partial charge is 0.0589 e. The molecule has 0 bridgehead atoms. The Hall–Kier alpha value is -0.900. The summed E-state index contributed by atoms with van der Waals surface area (Å²) in [6.45, 7) is 12.6. The first-order chi connectivity index (χ1) is 10.1. The summed E-state index contributed by atoms with van der Waals surface area (Å²) in [5.74, 6) is 0. The van der Waals surface area contributed by atoms with Crippen molar-refractivity contribution < 1.29 is 4.74 Å². The van der Waals surface area contributed by atoms with Gasteiger partial charge < -0.3 is 10.1 Å². The zero-order valence-corrected chi connectivity index (χ0v) is 14.4. The van der Waals surface area contributed by atoms with Crippen molar-refractivity contribution in [3.05, 3.63) is 35.4 Å². The second kappa shape index (κ2) is 9.93. The van der Waals surface area contributed by atoms with Crippen LogP contribution >= 0.6 is 0 Å². The van der Waals surface area contributed by atoms with Crippen molar-refractivity contribution in [3.63, 3.8) is 0 Å². The van der Waals surface area contributed by atoms with Gasteiger partial charge in [0.05, 0.1) is 6.61 Å². The number of benzene rings is 1. The first kappa shape index (κ1) is 18.1. The van der Waals surface area contributed by atoms with Crippen LogP contribution in [0.5, 0.6) is 0 Å². The summed E-state index contributed by atoms with van der Waals surface area (Å²) in [6, 6.07) is 10.0. The largest absolute Gasteiger partial charge is 0.383 e. The van der Waals surface area contributed by atoms with Crippen LogP contribution in [0.2, 0.25) is 0 Å². The topological polar surface area (TPSA) is 24.5 Å². The van der Waals surface area contributed by atoms with Gasteiger partial charge >= 0.3 is 0 Å². The molecule has 0 saturated heterocycles. The molecule has 3 nitrogen and oxygen atoms in total. The summed E-state index contributed by atoms with van der Waals surface area (Å²) in [4.78, 5) is 2.50. The number of ether oxygens (including phenoxy) is 1. The van der Waals surface area contributed by atoms with Crippen LogP contribution in [0.15, 0.2) is 24.3 Å². The van der Waals surface area contributed by atoms with Crippen LogP contribution in [0.25, 0.3) is 0 Å². The molecule has 1 aromatic carbocycles. The van der Waals surface area contributed by atoms with E-state index in [0.29, 0.717) is 12.1 Å². The Labute approximate surface area is 130 Å². The highest BCUT2D eigenvalue weighted by Crippen LogP contribution is 2.12. The van der Waals surface area contributed by atoms with Gasteiger partial charge in [0.25, 0.3) is 0 Å². The third kappa shape index (κ3) is 7.07. The maximum Gasteiger partial charge on any atom is 0.0589 e. The van der Waals surface area contributed by atoms with E-state index >= 15 is 0 Å². The summed E-state index contributed by atoms with van der Waals surface area (Å²) in [5, 5.41) is 3.48. The van der Waals surface area contributed by atoms with Gasteiger partial charge in [-0.15, -0.1) is 0 Å². The standard InChI is InChI=1S/C18H32N2O/c1-6-16(4)20(10-11-21-5)14-18-9-7-8-17(12-18)13-19-15(2)3/h7-9,12,15-16,19H,6,10-11,13-14H2,1-5H3. The maximum absolute atomic E-state index is 5.24. The van der Waals surface area contributed by atoms with E-state index in [1.165, 1.54) is 11.1 Å². The van der Waals surface area contributed by atoms with E-state index in [4.69, 9.17) is 4.74 Å². The first-order valence-electron chi connectivity index (χ1n) is 8.11. The Morgan fingerprint density at radius 2 is 1.90 bits per heavy atom. The van der Waals surface area contributed by atoms with E-state index in [1.54, 1.807) is 7.11 Å². The van der Waals surface area contributed by atoms with Gasteiger partial charge in [0.2, 0.25) is 0 Å². The molecular weight excluding hydrogens is 260 g/mol. The number of hydrogen-bond donors (Lipinski definition) is 1. The van der Waals surface area contributed by atoms with Crippen LogP contribution in [0, 0.1) is 0 Å².